The normalized spacial score (nSPS) is 13.6. The molecule has 0 aliphatic heterocycles. The number of furan rings is 1. The predicted molar refractivity (Wildman–Crippen MR) is 98.6 cm³/mol. The molecular weight excluding hydrogens is 363 g/mol. The average Bonchev–Trinajstić information content (AvgIpc) is 3.19. The zero-order chi connectivity index (χ0) is 18.0. The molecule has 2 atom stereocenters. The highest BCUT2D eigenvalue weighted by Crippen LogP contribution is 2.31. The molecule has 8 heteroatoms. The van der Waals surface area contributed by atoms with E-state index in [9.17, 15) is 4.39 Å². The lowest BCUT2D eigenvalue weighted by atomic mass is 10.1. The van der Waals surface area contributed by atoms with Crippen LogP contribution in [-0.2, 0) is 13.0 Å². The van der Waals surface area contributed by atoms with Crippen molar-refractivity contribution in [2.24, 2.45) is 5.73 Å². The molecule has 3 rings (SSSR count). The summed E-state index contributed by atoms with van der Waals surface area (Å²) in [6.45, 7) is 1.95. The summed E-state index contributed by atoms with van der Waals surface area (Å²) in [5, 5.41) is 5.21. The molecule has 0 aliphatic carbocycles. The maximum Gasteiger partial charge on any atom is 0.225 e. The third-order valence-corrected chi connectivity index (χ3v) is 4.79. The van der Waals surface area contributed by atoms with Crippen LogP contribution in [0.15, 0.2) is 21.9 Å². The van der Waals surface area contributed by atoms with Crippen LogP contribution < -0.4 is 11.1 Å². The van der Waals surface area contributed by atoms with Crippen LogP contribution in [0.1, 0.15) is 23.1 Å². The van der Waals surface area contributed by atoms with E-state index in [1.165, 1.54) is 6.92 Å². The van der Waals surface area contributed by atoms with Crippen LogP contribution in [0.3, 0.4) is 0 Å². The quantitative estimate of drug-likeness (QED) is 0.504. The summed E-state index contributed by atoms with van der Waals surface area (Å²) in [5.74, 6) is 3.39. The Bertz CT molecular complexity index is 917. The molecule has 3 aromatic rings. The number of aromatic nitrogens is 2. The number of nitrogens with two attached hydrogens (primary N) is 1. The van der Waals surface area contributed by atoms with Gasteiger partial charge in [-0.3, -0.25) is 0 Å². The zero-order valence-electron chi connectivity index (χ0n) is 13.4. The molecule has 3 aromatic heterocycles. The molecular formula is C17H16ClFN4OS. The van der Waals surface area contributed by atoms with Crippen LogP contribution in [0.5, 0.6) is 0 Å². The van der Waals surface area contributed by atoms with Crippen molar-refractivity contribution in [1.29, 1.82) is 0 Å². The highest BCUT2D eigenvalue weighted by atomic mass is 35.5. The fraction of sp³-hybridized carbons (Fsp3) is 0.294. The molecule has 0 radical (unpaired) electrons. The summed E-state index contributed by atoms with van der Waals surface area (Å²) in [6, 6.07) is 3.24. The molecule has 0 aliphatic rings. The van der Waals surface area contributed by atoms with E-state index in [0.29, 0.717) is 34.8 Å². The topological polar surface area (TPSA) is 77.0 Å². The van der Waals surface area contributed by atoms with Gasteiger partial charge in [-0.2, -0.15) is 4.98 Å². The predicted octanol–water partition coefficient (Wildman–Crippen LogP) is 3.76. The fourth-order valence-electron chi connectivity index (χ4n) is 2.37. The van der Waals surface area contributed by atoms with Gasteiger partial charge in [0.25, 0.3) is 0 Å². The number of nitrogens with zero attached hydrogens (tertiary/aromatic N) is 2. The summed E-state index contributed by atoms with van der Waals surface area (Å²) in [7, 11) is 0. The van der Waals surface area contributed by atoms with Gasteiger partial charge in [0.1, 0.15) is 17.4 Å². The maximum absolute atomic E-state index is 13.4. The number of alkyl halides is 1. The van der Waals surface area contributed by atoms with E-state index < -0.39 is 12.2 Å². The van der Waals surface area contributed by atoms with Crippen molar-refractivity contribution in [2.45, 2.75) is 32.1 Å². The van der Waals surface area contributed by atoms with Gasteiger partial charge in [0.05, 0.1) is 12.1 Å². The van der Waals surface area contributed by atoms with Crippen LogP contribution in [0, 0.1) is 12.3 Å². The summed E-state index contributed by atoms with van der Waals surface area (Å²) >= 11 is 7.64. The minimum Gasteiger partial charge on any atom is -0.454 e. The number of hydrogen-bond acceptors (Lipinski definition) is 6. The van der Waals surface area contributed by atoms with Crippen molar-refractivity contribution in [3.05, 3.63) is 39.0 Å². The number of rotatable bonds is 6. The smallest absolute Gasteiger partial charge is 0.225 e. The minimum absolute atomic E-state index is 0.0492. The largest absolute Gasteiger partial charge is 0.454 e. The summed E-state index contributed by atoms with van der Waals surface area (Å²) in [6.07, 6.45) is 4.57. The average molecular weight is 379 g/mol. The standard InChI is InChI=1S/C17H16ClFN4OS/c1-3-11-13(7-12(20)9(2)19)24-15-14(11)22-17(18)23-16(15)21-8-10-5-4-6-25-10/h1,4-6,9,12H,7-8,20H2,2H3,(H,21,22,23)/t9-,12+/m0/s1. The summed E-state index contributed by atoms with van der Waals surface area (Å²) in [5.41, 5.74) is 7.04. The molecule has 0 spiro atoms. The van der Waals surface area contributed by atoms with Crippen molar-refractivity contribution in [3.63, 3.8) is 0 Å². The molecule has 25 heavy (non-hydrogen) atoms. The number of anilines is 1. The number of hydrogen-bond donors (Lipinski definition) is 2. The van der Waals surface area contributed by atoms with Gasteiger partial charge >= 0.3 is 0 Å². The Morgan fingerprint density at radius 1 is 1.52 bits per heavy atom. The van der Waals surface area contributed by atoms with E-state index in [1.54, 1.807) is 11.3 Å². The van der Waals surface area contributed by atoms with Gasteiger partial charge in [-0.1, -0.05) is 12.0 Å². The Balaban J connectivity index is 2.00. The van der Waals surface area contributed by atoms with E-state index in [-0.39, 0.29) is 11.7 Å². The van der Waals surface area contributed by atoms with Gasteiger partial charge in [0, 0.05) is 17.3 Å². The second-order valence-corrected chi connectivity index (χ2v) is 6.91. The van der Waals surface area contributed by atoms with E-state index in [1.807, 2.05) is 17.5 Å². The fourth-order valence-corrected chi connectivity index (χ4v) is 3.18. The Morgan fingerprint density at radius 2 is 2.32 bits per heavy atom. The molecule has 0 saturated heterocycles. The Hall–Kier alpha value is -2.14. The van der Waals surface area contributed by atoms with E-state index >= 15 is 0 Å². The Kier molecular flexibility index (Phi) is 5.23. The third-order valence-electron chi connectivity index (χ3n) is 3.74. The first-order chi connectivity index (χ1) is 12.0. The van der Waals surface area contributed by atoms with Gasteiger partial charge in [-0.05, 0) is 30.0 Å². The second-order valence-electron chi connectivity index (χ2n) is 5.54. The van der Waals surface area contributed by atoms with Crippen molar-refractivity contribution in [3.8, 4) is 12.3 Å². The second kappa shape index (κ2) is 7.40. The van der Waals surface area contributed by atoms with Crippen LogP contribution >= 0.6 is 22.9 Å². The monoisotopic (exact) mass is 378 g/mol. The van der Waals surface area contributed by atoms with E-state index in [4.69, 9.17) is 28.2 Å². The van der Waals surface area contributed by atoms with Gasteiger partial charge in [-0.15, -0.1) is 17.8 Å². The molecule has 5 nitrogen and oxygen atoms in total. The summed E-state index contributed by atoms with van der Waals surface area (Å²) in [4.78, 5) is 9.48. The van der Waals surface area contributed by atoms with Gasteiger partial charge in [0.15, 0.2) is 11.4 Å². The summed E-state index contributed by atoms with van der Waals surface area (Å²) < 4.78 is 19.2. The Labute approximate surface area is 153 Å². The van der Waals surface area contributed by atoms with Crippen LogP contribution in [-0.4, -0.2) is 22.2 Å². The number of thiophene rings is 1. The molecule has 0 aromatic carbocycles. The number of halogens is 2. The van der Waals surface area contributed by atoms with Gasteiger partial charge < -0.3 is 15.5 Å². The van der Waals surface area contributed by atoms with Crippen molar-refractivity contribution in [1.82, 2.24) is 9.97 Å². The van der Waals surface area contributed by atoms with Gasteiger partial charge in [-0.25, -0.2) is 9.37 Å². The van der Waals surface area contributed by atoms with Crippen molar-refractivity contribution < 1.29 is 8.81 Å². The SMILES string of the molecule is C#Cc1c(C[C@@H](N)[C@H](C)F)oc2c(NCc3cccs3)nc(Cl)nc12. The van der Waals surface area contributed by atoms with Crippen LogP contribution in [0.4, 0.5) is 10.2 Å². The highest BCUT2D eigenvalue weighted by Gasteiger charge is 2.22. The lowest BCUT2D eigenvalue weighted by molar-refractivity contribution is 0.296. The van der Waals surface area contributed by atoms with Crippen LogP contribution in [0.25, 0.3) is 11.1 Å². The molecule has 3 N–H and O–H groups in total. The van der Waals surface area contributed by atoms with Gasteiger partial charge in [0.2, 0.25) is 5.28 Å². The van der Waals surface area contributed by atoms with E-state index in [0.717, 1.165) is 4.88 Å². The number of nitrogens with one attached hydrogen (secondary N) is 1. The minimum atomic E-state index is -1.19. The molecule has 0 amide bonds. The van der Waals surface area contributed by atoms with E-state index in [2.05, 4.69) is 21.2 Å². The third kappa shape index (κ3) is 3.76. The highest BCUT2D eigenvalue weighted by molar-refractivity contribution is 7.09. The van der Waals surface area contributed by atoms with Crippen molar-refractivity contribution >= 4 is 39.9 Å². The lowest BCUT2D eigenvalue weighted by Crippen LogP contribution is -2.31. The maximum atomic E-state index is 13.4. The molecule has 130 valence electrons. The molecule has 0 saturated carbocycles. The Morgan fingerprint density at radius 3 is 2.96 bits per heavy atom. The number of fused-ring (bicyclic) bond motifs is 1. The zero-order valence-corrected chi connectivity index (χ0v) is 15.0. The van der Waals surface area contributed by atoms with Crippen molar-refractivity contribution in [2.75, 3.05) is 5.32 Å². The molecule has 0 fully saturated rings. The first-order valence-corrected chi connectivity index (χ1v) is 8.86. The first kappa shape index (κ1) is 17.7. The molecule has 0 unspecified atom stereocenters. The number of terminal acetylenes is 1. The molecule has 3 heterocycles. The molecule has 0 bridgehead atoms. The van der Waals surface area contributed by atoms with Crippen LogP contribution in [0.2, 0.25) is 5.28 Å². The lowest BCUT2D eigenvalue weighted by Gasteiger charge is -2.10. The first-order valence-electron chi connectivity index (χ1n) is 7.61.